The zero-order chi connectivity index (χ0) is 39.1. The van der Waals surface area contributed by atoms with Crippen molar-refractivity contribution in [3.63, 3.8) is 0 Å². The minimum absolute atomic E-state index is 0.0255. The first kappa shape index (κ1) is 37.1. The van der Waals surface area contributed by atoms with E-state index in [0.717, 1.165) is 0 Å². The number of carbonyl (C=O) groups is 2. The number of nitrogens with two attached hydrogens (primary N) is 1. The number of hydrogen-bond acceptors (Lipinski definition) is 17. The lowest BCUT2D eigenvalue weighted by atomic mass is 9.71. The summed E-state index contributed by atoms with van der Waals surface area (Å²) in [4.78, 5) is 42.5. The minimum Gasteiger partial charge on any atom is -0.507 e. The van der Waals surface area contributed by atoms with E-state index in [1.807, 2.05) is 4.90 Å². The van der Waals surface area contributed by atoms with Crippen molar-refractivity contribution in [2.75, 3.05) is 32.5 Å². The number of morpholine rings is 1. The van der Waals surface area contributed by atoms with E-state index in [1.54, 1.807) is 11.5 Å². The second-order valence-electron chi connectivity index (χ2n) is 14.7. The number of aliphatic hydroxyl groups excluding tert-OH is 3. The first-order valence-electron chi connectivity index (χ1n) is 18.0. The number of nitrogens with zero attached hydrogens (tertiary/aromatic N) is 5. The Morgan fingerprint density at radius 1 is 1.07 bits per heavy atom. The molecule has 2 aliphatic carbocycles. The first-order valence-corrected chi connectivity index (χ1v) is 18.0. The van der Waals surface area contributed by atoms with Gasteiger partial charge in [-0.25, -0.2) is 15.0 Å². The maximum Gasteiger partial charge on any atom is 0.202 e. The summed E-state index contributed by atoms with van der Waals surface area (Å²) in [7, 11) is 1.34. The summed E-state index contributed by atoms with van der Waals surface area (Å²) in [5, 5.41) is 67.9. The Kier molecular flexibility index (Phi) is 9.29. The Hall–Kier alpha value is -4.79. The van der Waals surface area contributed by atoms with E-state index in [-0.39, 0.29) is 72.8 Å². The maximum atomic E-state index is 14.0. The highest BCUT2D eigenvalue weighted by Gasteiger charge is 2.50. The Morgan fingerprint density at radius 2 is 1.84 bits per heavy atom. The summed E-state index contributed by atoms with van der Waals surface area (Å²) in [5.74, 6) is -2.42. The van der Waals surface area contributed by atoms with Gasteiger partial charge in [0, 0.05) is 55.1 Å². The highest BCUT2D eigenvalue weighted by molar-refractivity contribution is 6.31. The van der Waals surface area contributed by atoms with E-state index < -0.39 is 88.9 Å². The molecule has 0 spiro atoms. The number of benzene rings is 2. The fourth-order valence-corrected chi connectivity index (χ4v) is 8.49. The van der Waals surface area contributed by atoms with Crippen molar-refractivity contribution in [2.24, 2.45) is 0 Å². The van der Waals surface area contributed by atoms with Crippen LogP contribution in [0.15, 0.2) is 30.9 Å². The van der Waals surface area contributed by atoms with Crippen LogP contribution in [0.4, 0.5) is 5.82 Å². The number of aliphatic hydroxyl groups is 4. The van der Waals surface area contributed by atoms with E-state index in [0.29, 0.717) is 11.2 Å². The summed E-state index contributed by atoms with van der Waals surface area (Å²) in [6, 6.07) is 3.83. The summed E-state index contributed by atoms with van der Waals surface area (Å²) < 4.78 is 25.9. The van der Waals surface area contributed by atoms with Crippen LogP contribution in [0.25, 0.3) is 11.2 Å². The molecule has 2 fully saturated rings. The third-order valence-electron chi connectivity index (χ3n) is 11.4. The van der Waals surface area contributed by atoms with Crippen LogP contribution in [0.5, 0.6) is 17.2 Å². The van der Waals surface area contributed by atoms with Crippen LogP contribution in [0.3, 0.4) is 0 Å². The minimum atomic E-state index is -1.90. The van der Waals surface area contributed by atoms with Gasteiger partial charge in [-0.2, -0.15) is 0 Å². The molecule has 8 rings (SSSR count). The number of nitrogen functional groups attached to an aromatic ring is 1. The van der Waals surface area contributed by atoms with Crippen LogP contribution in [0.2, 0.25) is 0 Å². The maximum absolute atomic E-state index is 14.0. The molecule has 4 aromatic rings. The zero-order valence-corrected chi connectivity index (χ0v) is 30.2. The molecule has 4 aliphatic rings. The van der Waals surface area contributed by atoms with Gasteiger partial charge in [0.25, 0.3) is 0 Å². The number of aromatic hydroxyl groups is 2. The van der Waals surface area contributed by atoms with Gasteiger partial charge in [0.15, 0.2) is 23.5 Å². The number of fused-ring (bicyclic) bond motifs is 4. The average molecular weight is 763 g/mol. The molecule has 18 nitrogen and oxygen atoms in total. The number of phenols is 2. The normalized spacial score (nSPS) is 30.1. The van der Waals surface area contributed by atoms with Crippen molar-refractivity contribution in [3.8, 4) is 17.2 Å². The van der Waals surface area contributed by atoms with Crippen LogP contribution in [0, 0.1) is 0 Å². The Labute approximate surface area is 313 Å². The van der Waals surface area contributed by atoms with E-state index in [9.17, 15) is 40.2 Å². The summed E-state index contributed by atoms with van der Waals surface area (Å²) in [6.45, 7) is 3.16. The average Bonchev–Trinajstić information content (AvgIpc) is 3.61. The second-order valence-corrected chi connectivity index (χ2v) is 14.7. The van der Waals surface area contributed by atoms with Crippen molar-refractivity contribution in [3.05, 3.63) is 64.2 Å². The molecule has 55 heavy (non-hydrogen) atoms. The topological polar surface area (TPSA) is 265 Å². The lowest BCUT2D eigenvalue weighted by Crippen LogP contribution is -2.60. The van der Waals surface area contributed by atoms with Gasteiger partial charge >= 0.3 is 0 Å². The molecule has 2 aliphatic heterocycles. The number of ketones is 2. The molecule has 2 saturated heterocycles. The third-order valence-corrected chi connectivity index (χ3v) is 11.4. The number of aromatic nitrogens is 4. The fourth-order valence-electron chi connectivity index (χ4n) is 8.49. The number of imidazole rings is 1. The van der Waals surface area contributed by atoms with Gasteiger partial charge in [-0.15, -0.1) is 0 Å². The number of anilines is 1. The van der Waals surface area contributed by atoms with Gasteiger partial charge in [0.2, 0.25) is 5.78 Å². The van der Waals surface area contributed by atoms with Gasteiger partial charge in [0.1, 0.15) is 35.3 Å². The molecule has 9 atom stereocenters. The van der Waals surface area contributed by atoms with Crippen molar-refractivity contribution in [1.82, 2.24) is 24.4 Å². The Balaban J connectivity index is 1.14. The molecule has 0 saturated carbocycles. The fraction of sp³-hybridized carbons (Fsp3) is 0.486. The smallest absolute Gasteiger partial charge is 0.202 e. The molecule has 1 unspecified atom stereocenters. The van der Waals surface area contributed by atoms with Crippen molar-refractivity contribution in [2.45, 2.75) is 87.8 Å². The van der Waals surface area contributed by atoms with E-state index in [2.05, 4.69) is 15.0 Å². The largest absolute Gasteiger partial charge is 0.507 e. The Bertz CT molecular complexity index is 2200. The summed E-state index contributed by atoms with van der Waals surface area (Å²) >= 11 is 0. The first-order chi connectivity index (χ1) is 26.3. The van der Waals surface area contributed by atoms with Crippen LogP contribution < -0.4 is 10.5 Å². The molecule has 2 aromatic carbocycles. The van der Waals surface area contributed by atoms with Gasteiger partial charge in [-0.3, -0.25) is 19.1 Å². The SMILES string of the molecule is COc1cccc2c1C(=O)c1c(O)c3c(c(O)c1C2=O)C[C@@](O)(C(C)O)C[C@@H]3O[C@H]1C[C@H](N2C[C@H](CO)O[C@H](n3cnc4c(N)ncnc43)C2)[C@H](O)[C@H](C)O1. The predicted octanol–water partition coefficient (Wildman–Crippen LogP) is 0.476. The standard InChI is InChI=1S/C37H42N6O12/c1-15-30(46)20(42-10-17(12-44)54-23(11-42)43-14-41-29-35(38)39-13-40-36(29)43)7-24(53-15)55-22-9-37(51,16(2)45)8-19-26(22)34(50)28-27(32(19)48)31(47)18-5-4-6-21(52-3)25(18)33(28)49/h4-6,13-17,20,22-24,30,44-46,48,50-51H,7-12H2,1-3H3,(H2,38,39,40)/t15-,16?,17+,20-,22-,23-,24-,30+,37-/m0/s1. The molecule has 18 heteroatoms. The number of carbonyl (C=O) groups excluding carboxylic acids is 2. The van der Waals surface area contributed by atoms with Crippen molar-refractivity contribution in [1.29, 1.82) is 0 Å². The zero-order valence-electron chi connectivity index (χ0n) is 30.2. The van der Waals surface area contributed by atoms with Gasteiger partial charge in [0.05, 0.1) is 72.9 Å². The van der Waals surface area contributed by atoms with Gasteiger partial charge in [-0.1, -0.05) is 12.1 Å². The molecule has 0 amide bonds. The van der Waals surface area contributed by atoms with Crippen LogP contribution in [0.1, 0.15) is 82.0 Å². The van der Waals surface area contributed by atoms with E-state index in [4.69, 9.17) is 24.7 Å². The molecule has 4 heterocycles. The van der Waals surface area contributed by atoms with Crippen LogP contribution in [-0.4, -0.2) is 136 Å². The highest BCUT2D eigenvalue weighted by atomic mass is 16.7. The number of rotatable bonds is 7. The van der Waals surface area contributed by atoms with Crippen molar-refractivity contribution < 1.29 is 59.2 Å². The lowest BCUT2D eigenvalue weighted by Gasteiger charge is -2.48. The number of methoxy groups -OCH3 is 1. The third kappa shape index (κ3) is 5.91. The number of ether oxygens (including phenoxy) is 4. The second kappa shape index (κ2) is 13.7. The summed E-state index contributed by atoms with van der Waals surface area (Å²) in [5.41, 5.74) is 3.84. The Morgan fingerprint density at radius 3 is 2.56 bits per heavy atom. The lowest BCUT2D eigenvalue weighted by molar-refractivity contribution is -0.268. The monoisotopic (exact) mass is 762 g/mol. The number of phenolic OH excluding ortho intramolecular Hbond substituents is 2. The molecule has 0 bridgehead atoms. The molecular weight excluding hydrogens is 720 g/mol. The van der Waals surface area contributed by atoms with Gasteiger partial charge in [-0.05, 0) is 19.9 Å². The molecule has 292 valence electrons. The molecule has 0 radical (unpaired) electrons. The van der Waals surface area contributed by atoms with Gasteiger partial charge < -0.3 is 55.3 Å². The molecule has 2 aromatic heterocycles. The van der Waals surface area contributed by atoms with Crippen molar-refractivity contribution >= 4 is 28.5 Å². The van der Waals surface area contributed by atoms with E-state index >= 15 is 0 Å². The number of hydrogen-bond donors (Lipinski definition) is 7. The van der Waals surface area contributed by atoms with E-state index in [1.165, 1.54) is 44.9 Å². The summed E-state index contributed by atoms with van der Waals surface area (Å²) in [6.07, 6.45) is -4.71. The molecule has 8 N–H and O–H groups in total. The van der Waals surface area contributed by atoms with Crippen LogP contribution in [-0.2, 0) is 20.6 Å². The molecular formula is C37H42N6O12. The quantitative estimate of drug-likeness (QED) is 0.111. The predicted molar refractivity (Wildman–Crippen MR) is 189 cm³/mol. The van der Waals surface area contributed by atoms with Crippen LogP contribution >= 0.6 is 0 Å². The highest BCUT2D eigenvalue weighted by Crippen LogP contribution is 2.53.